The van der Waals surface area contributed by atoms with Crippen LogP contribution in [0.1, 0.15) is 34.1 Å². The number of para-hydroxylation sites is 2. The van der Waals surface area contributed by atoms with Crippen molar-refractivity contribution in [2.24, 2.45) is 0 Å². The molecule has 0 spiro atoms. The van der Waals surface area contributed by atoms with Gasteiger partial charge in [0.1, 0.15) is 6.04 Å². The number of esters is 1. The van der Waals surface area contributed by atoms with Crippen LogP contribution in [0.15, 0.2) is 72.8 Å². The largest absolute Gasteiger partial charge is 0.462 e. The Morgan fingerprint density at radius 3 is 2.40 bits per heavy atom. The third-order valence-corrected chi connectivity index (χ3v) is 5.75. The molecule has 1 aliphatic heterocycles. The lowest BCUT2D eigenvalue weighted by Crippen LogP contribution is -2.52. The number of ether oxygens (including phenoxy) is 1. The predicted molar refractivity (Wildman–Crippen MR) is 133 cm³/mol. The highest BCUT2D eigenvalue weighted by molar-refractivity contribution is 6.35. The zero-order valence-electron chi connectivity index (χ0n) is 18.8. The second-order valence-corrected chi connectivity index (χ2v) is 8.13. The molecule has 0 aliphatic carbocycles. The number of nitrogens with zero attached hydrogens (tertiary/aromatic N) is 1. The summed E-state index contributed by atoms with van der Waals surface area (Å²) in [6, 6.07) is 18.5. The Bertz CT molecular complexity index is 1290. The van der Waals surface area contributed by atoms with Gasteiger partial charge in [-0.15, -0.1) is 0 Å². The number of nitrogens with one attached hydrogen (secondary N) is 2. The molecule has 0 saturated heterocycles. The van der Waals surface area contributed by atoms with Gasteiger partial charge in [0.2, 0.25) is 11.8 Å². The molecule has 1 atom stereocenters. The van der Waals surface area contributed by atoms with Crippen LogP contribution in [0.2, 0.25) is 5.02 Å². The summed E-state index contributed by atoms with van der Waals surface area (Å²) < 4.78 is 4.95. The minimum Gasteiger partial charge on any atom is -0.462 e. The lowest BCUT2D eigenvalue weighted by Gasteiger charge is -2.36. The summed E-state index contributed by atoms with van der Waals surface area (Å²) in [6.45, 7) is 1.97. The third kappa shape index (κ3) is 5.17. The van der Waals surface area contributed by atoms with E-state index in [4.69, 9.17) is 16.3 Å². The van der Waals surface area contributed by atoms with Crippen molar-refractivity contribution in [1.29, 1.82) is 0 Å². The number of carbonyl (C=O) groups excluding carboxylic acids is 4. The van der Waals surface area contributed by atoms with E-state index in [1.165, 1.54) is 17.0 Å². The van der Waals surface area contributed by atoms with Gasteiger partial charge in [0.15, 0.2) is 0 Å². The molecule has 0 fully saturated rings. The minimum absolute atomic E-state index is 0.221. The quantitative estimate of drug-likeness (QED) is 0.493. The van der Waals surface area contributed by atoms with Gasteiger partial charge in [0, 0.05) is 5.69 Å². The summed E-state index contributed by atoms with van der Waals surface area (Å²) in [5.74, 6) is -1.92. The summed E-state index contributed by atoms with van der Waals surface area (Å²) in [5, 5.41) is 5.71. The molecule has 35 heavy (non-hydrogen) atoms. The van der Waals surface area contributed by atoms with Crippen LogP contribution >= 0.6 is 11.6 Å². The Morgan fingerprint density at radius 1 is 1.00 bits per heavy atom. The Balaban J connectivity index is 1.58. The number of hydrogen-bond acceptors (Lipinski definition) is 5. The number of halogens is 1. The van der Waals surface area contributed by atoms with E-state index in [-0.39, 0.29) is 23.6 Å². The van der Waals surface area contributed by atoms with E-state index >= 15 is 0 Å². The molecule has 3 aromatic carbocycles. The Morgan fingerprint density at radius 2 is 1.69 bits per heavy atom. The number of fused-ring (bicyclic) bond motifs is 1. The van der Waals surface area contributed by atoms with E-state index in [0.717, 1.165) is 0 Å². The number of amides is 3. The van der Waals surface area contributed by atoms with E-state index < -0.39 is 29.7 Å². The van der Waals surface area contributed by atoms with Crippen LogP contribution in [0.3, 0.4) is 0 Å². The van der Waals surface area contributed by atoms with Crippen LogP contribution in [-0.4, -0.2) is 36.3 Å². The maximum atomic E-state index is 13.5. The van der Waals surface area contributed by atoms with Crippen molar-refractivity contribution in [1.82, 2.24) is 0 Å². The summed E-state index contributed by atoms with van der Waals surface area (Å²) in [5.41, 5.74) is 1.93. The van der Waals surface area contributed by atoms with Gasteiger partial charge in [-0.25, -0.2) is 4.79 Å². The van der Waals surface area contributed by atoms with Crippen molar-refractivity contribution in [3.63, 3.8) is 0 Å². The van der Waals surface area contributed by atoms with Crippen LogP contribution in [0.4, 0.5) is 17.1 Å². The highest BCUT2D eigenvalue weighted by atomic mass is 35.5. The summed E-state index contributed by atoms with van der Waals surface area (Å²) in [4.78, 5) is 52.5. The molecular weight excluding hydrogens is 470 g/mol. The second-order valence-electron chi connectivity index (χ2n) is 7.73. The second kappa shape index (κ2) is 10.4. The van der Waals surface area contributed by atoms with Gasteiger partial charge in [-0.1, -0.05) is 35.9 Å². The van der Waals surface area contributed by atoms with Crippen molar-refractivity contribution < 1.29 is 23.9 Å². The van der Waals surface area contributed by atoms with E-state index in [1.807, 2.05) is 0 Å². The monoisotopic (exact) mass is 491 g/mol. The van der Waals surface area contributed by atoms with Crippen LogP contribution in [0, 0.1) is 0 Å². The summed E-state index contributed by atoms with van der Waals surface area (Å²) >= 11 is 6.26. The normalized spacial score (nSPS) is 14.5. The van der Waals surface area contributed by atoms with Gasteiger partial charge in [-0.05, 0) is 55.5 Å². The molecule has 0 radical (unpaired) electrons. The zero-order chi connectivity index (χ0) is 24.9. The average Bonchev–Trinajstić information content (AvgIpc) is 2.85. The summed E-state index contributed by atoms with van der Waals surface area (Å²) in [7, 11) is 0. The van der Waals surface area contributed by atoms with Crippen molar-refractivity contribution >= 4 is 52.4 Å². The molecule has 9 heteroatoms. The highest BCUT2D eigenvalue weighted by Gasteiger charge is 2.39. The average molecular weight is 492 g/mol. The molecular formula is C26H22ClN3O5. The van der Waals surface area contributed by atoms with Gasteiger partial charge < -0.3 is 15.4 Å². The van der Waals surface area contributed by atoms with Gasteiger partial charge in [-0.2, -0.15) is 0 Å². The molecule has 178 valence electrons. The number of anilines is 3. The molecule has 2 N–H and O–H groups in total. The van der Waals surface area contributed by atoms with E-state index in [0.29, 0.717) is 22.6 Å². The topological polar surface area (TPSA) is 105 Å². The number of hydrogen-bond donors (Lipinski definition) is 2. The first-order valence-corrected chi connectivity index (χ1v) is 11.3. The van der Waals surface area contributed by atoms with Crippen molar-refractivity contribution in [2.45, 2.75) is 19.4 Å². The van der Waals surface area contributed by atoms with Crippen molar-refractivity contribution in [3.05, 3.63) is 88.9 Å². The first-order chi connectivity index (χ1) is 16.9. The van der Waals surface area contributed by atoms with Gasteiger partial charge >= 0.3 is 5.97 Å². The number of rotatable bonds is 6. The Labute approximate surface area is 206 Å². The van der Waals surface area contributed by atoms with Gasteiger partial charge in [0.25, 0.3) is 5.91 Å². The molecule has 0 aromatic heterocycles. The Hall–Kier alpha value is -4.17. The van der Waals surface area contributed by atoms with E-state index in [2.05, 4.69) is 10.6 Å². The van der Waals surface area contributed by atoms with Gasteiger partial charge in [0.05, 0.1) is 40.6 Å². The summed E-state index contributed by atoms with van der Waals surface area (Å²) in [6.07, 6.45) is -0.296. The lowest BCUT2D eigenvalue weighted by molar-refractivity contribution is -0.122. The number of benzene rings is 3. The molecule has 0 unspecified atom stereocenters. The molecule has 4 rings (SSSR count). The van der Waals surface area contributed by atoms with E-state index in [1.54, 1.807) is 67.6 Å². The molecule has 0 bridgehead atoms. The minimum atomic E-state index is -1.10. The maximum Gasteiger partial charge on any atom is 0.338 e. The van der Waals surface area contributed by atoms with E-state index in [9.17, 15) is 19.2 Å². The molecule has 3 aromatic rings. The fourth-order valence-corrected chi connectivity index (χ4v) is 4.00. The first-order valence-electron chi connectivity index (χ1n) is 10.9. The molecule has 8 nitrogen and oxygen atoms in total. The van der Waals surface area contributed by atoms with Crippen LogP contribution in [0.25, 0.3) is 0 Å². The fourth-order valence-electron chi connectivity index (χ4n) is 3.78. The SMILES string of the molecule is CCOC(=O)c1ccc(NC(=O)C[C@H]2C(=O)Nc3ccccc3N2C(=O)c2ccccc2Cl)cc1. The standard InChI is InChI=1S/C26H22ClN3O5/c1-2-35-26(34)16-11-13-17(14-12-16)28-23(31)15-22-24(32)29-20-9-5-6-10-21(20)30(22)25(33)18-7-3-4-8-19(18)27/h3-14,22H,2,15H2,1H3,(H,28,31)(H,29,32)/t22-/m0/s1. The predicted octanol–water partition coefficient (Wildman–Crippen LogP) is 4.51. The van der Waals surface area contributed by atoms with Crippen LogP contribution < -0.4 is 15.5 Å². The van der Waals surface area contributed by atoms with Gasteiger partial charge in [-0.3, -0.25) is 19.3 Å². The molecule has 1 heterocycles. The highest BCUT2D eigenvalue weighted by Crippen LogP contribution is 2.35. The number of carbonyl (C=O) groups is 4. The fraction of sp³-hybridized carbons (Fsp3) is 0.154. The third-order valence-electron chi connectivity index (χ3n) is 5.42. The molecule has 3 amide bonds. The van der Waals surface area contributed by atoms with Crippen molar-refractivity contribution in [2.75, 3.05) is 22.1 Å². The lowest BCUT2D eigenvalue weighted by atomic mass is 10.0. The smallest absolute Gasteiger partial charge is 0.338 e. The van der Waals surface area contributed by atoms with Crippen LogP contribution in [0.5, 0.6) is 0 Å². The molecule has 0 saturated carbocycles. The Kier molecular flexibility index (Phi) is 7.12. The zero-order valence-corrected chi connectivity index (χ0v) is 19.5. The van der Waals surface area contributed by atoms with Crippen LogP contribution in [-0.2, 0) is 14.3 Å². The van der Waals surface area contributed by atoms with Crippen molar-refractivity contribution in [3.8, 4) is 0 Å². The maximum absolute atomic E-state index is 13.5. The molecule has 1 aliphatic rings. The first kappa shape index (κ1) is 24.0.